The van der Waals surface area contributed by atoms with E-state index >= 15 is 0 Å². The molecule has 0 aromatic rings. The van der Waals surface area contributed by atoms with E-state index in [1.165, 1.54) is 0 Å². The average Bonchev–Trinajstić information content (AvgIpc) is 1.82. The number of rotatable bonds is 0. The molecule has 1 unspecified atom stereocenters. The quantitative estimate of drug-likeness (QED) is 0.650. The van der Waals surface area contributed by atoms with Gasteiger partial charge in [-0.2, -0.15) is 0 Å². The Morgan fingerprint density at radius 2 is 2.20 bits per heavy atom. The minimum Gasteiger partial charge on any atom is -0.398 e. The predicted octanol–water partition coefficient (Wildman–Crippen LogP) is 2.69. The summed E-state index contributed by atoms with van der Waals surface area (Å²) in [4.78, 5) is 0.0895. The van der Waals surface area contributed by atoms with E-state index in [0.29, 0.717) is 10.7 Å². The van der Waals surface area contributed by atoms with Gasteiger partial charge in [0.2, 0.25) is 0 Å². The third-order valence-corrected chi connectivity index (χ3v) is 3.03. The monoisotopic (exact) mass is 241 g/mol. The van der Waals surface area contributed by atoms with Crippen LogP contribution in [0.5, 0.6) is 0 Å². The molecule has 10 heavy (non-hydrogen) atoms. The molecular formula is C6H6BrCl2N. The summed E-state index contributed by atoms with van der Waals surface area (Å²) in [7, 11) is 0. The van der Waals surface area contributed by atoms with Crippen molar-refractivity contribution in [3.63, 3.8) is 0 Å². The summed E-state index contributed by atoms with van der Waals surface area (Å²) in [6, 6.07) is 0. The molecule has 0 bridgehead atoms. The molecule has 1 rings (SSSR count). The standard InChI is InChI=1S/C6H6BrCl2N/c7-4-1-3(8)2-5(10)6(4)9/h2,4H,1,10H2. The first kappa shape index (κ1) is 8.44. The van der Waals surface area contributed by atoms with E-state index in [0.717, 1.165) is 11.5 Å². The Balaban J connectivity index is 2.92. The Morgan fingerprint density at radius 1 is 1.60 bits per heavy atom. The van der Waals surface area contributed by atoms with Gasteiger partial charge in [-0.1, -0.05) is 39.1 Å². The number of allylic oxidation sites excluding steroid dienone is 3. The van der Waals surface area contributed by atoms with Crippen molar-refractivity contribution in [3.8, 4) is 0 Å². The summed E-state index contributed by atoms with van der Waals surface area (Å²) >= 11 is 14.9. The molecule has 0 amide bonds. The van der Waals surface area contributed by atoms with Crippen LogP contribution in [0.15, 0.2) is 21.8 Å². The van der Waals surface area contributed by atoms with E-state index in [-0.39, 0.29) is 4.83 Å². The maximum absolute atomic E-state index is 5.79. The third-order valence-electron chi connectivity index (χ3n) is 1.24. The second-order valence-corrected chi connectivity index (χ2v) is 4.06. The van der Waals surface area contributed by atoms with Gasteiger partial charge in [0.1, 0.15) is 0 Å². The molecule has 0 saturated carbocycles. The summed E-state index contributed by atoms with van der Waals surface area (Å²) in [5.41, 5.74) is 6.07. The fourth-order valence-electron chi connectivity index (χ4n) is 0.738. The van der Waals surface area contributed by atoms with Crippen molar-refractivity contribution in [2.75, 3.05) is 0 Å². The van der Waals surface area contributed by atoms with Crippen molar-refractivity contribution in [1.29, 1.82) is 0 Å². The fraction of sp³-hybridized carbons (Fsp3) is 0.333. The molecule has 1 aliphatic carbocycles. The number of alkyl halides is 1. The van der Waals surface area contributed by atoms with E-state index < -0.39 is 0 Å². The van der Waals surface area contributed by atoms with E-state index in [4.69, 9.17) is 28.9 Å². The molecule has 0 aromatic carbocycles. The van der Waals surface area contributed by atoms with Gasteiger partial charge in [-0.15, -0.1) is 0 Å². The van der Waals surface area contributed by atoms with Gasteiger partial charge in [-0.3, -0.25) is 0 Å². The Bertz CT molecular complexity index is 210. The Hall–Kier alpha value is 0.340. The number of nitrogens with two attached hydrogens (primary N) is 1. The first-order valence-corrected chi connectivity index (χ1v) is 4.43. The van der Waals surface area contributed by atoms with Crippen LogP contribution >= 0.6 is 39.1 Å². The molecule has 4 heteroatoms. The molecule has 1 atom stereocenters. The number of hydrogen-bond acceptors (Lipinski definition) is 1. The lowest BCUT2D eigenvalue weighted by atomic mass is 10.1. The van der Waals surface area contributed by atoms with E-state index in [1.54, 1.807) is 6.08 Å². The smallest absolute Gasteiger partial charge is 0.0572 e. The van der Waals surface area contributed by atoms with Crippen LogP contribution in [0, 0.1) is 0 Å². The molecule has 1 nitrogen and oxygen atoms in total. The molecule has 0 spiro atoms. The normalized spacial score (nSPS) is 26.7. The van der Waals surface area contributed by atoms with Gasteiger partial charge in [0, 0.05) is 17.2 Å². The first-order chi connectivity index (χ1) is 4.61. The van der Waals surface area contributed by atoms with Crippen LogP contribution in [0.3, 0.4) is 0 Å². The van der Waals surface area contributed by atoms with Gasteiger partial charge >= 0.3 is 0 Å². The Labute approximate surface area is 78.0 Å². The van der Waals surface area contributed by atoms with Crippen molar-refractivity contribution in [3.05, 3.63) is 21.8 Å². The van der Waals surface area contributed by atoms with Gasteiger partial charge < -0.3 is 5.73 Å². The lowest BCUT2D eigenvalue weighted by Gasteiger charge is -2.14. The molecule has 0 aliphatic heterocycles. The maximum Gasteiger partial charge on any atom is 0.0572 e. The Kier molecular flexibility index (Phi) is 2.67. The average molecular weight is 243 g/mol. The van der Waals surface area contributed by atoms with Crippen LogP contribution in [0.2, 0.25) is 0 Å². The van der Waals surface area contributed by atoms with Crippen LogP contribution < -0.4 is 5.73 Å². The number of hydrogen-bond donors (Lipinski definition) is 1. The van der Waals surface area contributed by atoms with Crippen LogP contribution in [0.25, 0.3) is 0 Å². The highest BCUT2D eigenvalue weighted by Gasteiger charge is 2.17. The molecule has 0 radical (unpaired) electrons. The van der Waals surface area contributed by atoms with Crippen LogP contribution in [0.4, 0.5) is 0 Å². The zero-order valence-corrected chi connectivity index (χ0v) is 8.17. The van der Waals surface area contributed by atoms with Crippen molar-refractivity contribution < 1.29 is 0 Å². The third kappa shape index (κ3) is 1.68. The molecule has 56 valence electrons. The van der Waals surface area contributed by atoms with Crippen LogP contribution in [-0.4, -0.2) is 4.83 Å². The SMILES string of the molecule is NC1=C(Cl)C(Br)CC(Cl)=C1. The molecule has 0 heterocycles. The molecule has 0 aromatic heterocycles. The zero-order valence-electron chi connectivity index (χ0n) is 5.07. The molecule has 0 fully saturated rings. The Morgan fingerprint density at radius 3 is 2.70 bits per heavy atom. The molecule has 0 saturated heterocycles. The fourth-order valence-corrected chi connectivity index (χ4v) is 1.94. The van der Waals surface area contributed by atoms with Crippen LogP contribution in [0.1, 0.15) is 6.42 Å². The lowest BCUT2D eigenvalue weighted by molar-refractivity contribution is 1.01. The van der Waals surface area contributed by atoms with E-state index in [9.17, 15) is 0 Å². The van der Waals surface area contributed by atoms with E-state index in [1.807, 2.05) is 0 Å². The lowest BCUT2D eigenvalue weighted by Crippen LogP contribution is -2.10. The molecular weight excluding hydrogens is 237 g/mol. The van der Waals surface area contributed by atoms with Gasteiger partial charge in [0.05, 0.1) is 9.86 Å². The summed E-state index contributed by atoms with van der Waals surface area (Å²) in [6.07, 6.45) is 2.41. The zero-order chi connectivity index (χ0) is 7.72. The van der Waals surface area contributed by atoms with Crippen LogP contribution in [-0.2, 0) is 0 Å². The molecule has 2 N–H and O–H groups in total. The summed E-state index contributed by atoms with van der Waals surface area (Å²) in [5, 5.41) is 1.38. The number of halogens is 3. The maximum atomic E-state index is 5.79. The van der Waals surface area contributed by atoms with Gasteiger partial charge in [-0.25, -0.2) is 0 Å². The highest BCUT2D eigenvalue weighted by atomic mass is 79.9. The highest BCUT2D eigenvalue weighted by Crippen LogP contribution is 2.31. The van der Waals surface area contributed by atoms with E-state index in [2.05, 4.69) is 15.9 Å². The molecule has 1 aliphatic rings. The van der Waals surface area contributed by atoms with Crippen molar-refractivity contribution >= 4 is 39.1 Å². The minimum absolute atomic E-state index is 0.0895. The van der Waals surface area contributed by atoms with Crippen molar-refractivity contribution in [2.24, 2.45) is 5.73 Å². The predicted molar refractivity (Wildman–Crippen MR) is 48.3 cm³/mol. The minimum atomic E-state index is 0.0895. The first-order valence-electron chi connectivity index (χ1n) is 2.76. The van der Waals surface area contributed by atoms with Crippen molar-refractivity contribution in [2.45, 2.75) is 11.2 Å². The summed E-state index contributed by atoms with van der Waals surface area (Å²) < 4.78 is 0. The second kappa shape index (κ2) is 3.16. The summed E-state index contributed by atoms with van der Waals surface area (Å²) in [6.45, 7) is 0. The van der Waals surface area contributed by atoms with Crippen molar-refractivity contribution in [1.82, 2.24) is 0 Å². The van der Waals surface area contributed by atoms with Gasteiger partial charge in [0.25, 0.3) is 0 Å². The van der Waals surface area contributed by atoms with Gasteiger partial charge in [-0.05, 0) is 6.08 Å². The second-order valence-electron chi connectivity index (χ2n) is 2.07. The summed E-state index contributed by atoms with van der Waals surface area (Å²) in [5.74, 6) is 0. The highest BCUT2D eigenvalue weighted by molar-refractivity contribution is 9.09. The van der Waals surface area contributed by atoms with Gasteiger partial charge in [0.15, 0.2) is 0 Å². The largest absolute Gasteiger partial charge is 0.398 e. The topological polar surface area (TPSA) is 26.0 Å².